The van der Waals surface area contributed by atoms with Crippen LogP contribution in [0, 0.1) is 5.95 Å². The van der Waals surface area contributed by atoms with Crippen LogP contribution in [0.15, 0.2) is 36.5 Å². The molecule has 5 rings (SSSR count). The first-order valence-corrected chi connectivity index (χ1v) is 9.07. The van der Waals surface area contributed by atoms with Crippen LogP contribution >= 0.6 is 0 Å². The maximum absolute atomic E-state index is 13.2. The lowest BCUT2D eigenvalue weighted by atomic mass is 9.87. The second kappa shape index (κ2) is 6.13. The van der Waals surface area contributed by atoms with Gasteiger partial charge in [-0.25, -0.2) is 4.98 Å². The third kappa shape index (κ3) is 2.61. The summed E-state index contributed by atoms with van der Waals surface area (Å²) in [6, 6.07) is 9.63. The predicted molar refractivity (Wildman–Crippen MR) is 102 cm³/mol. The molecule has 138 valence electrons. The first kappa shape index (κ1) is 16.4. The molecule has 2 aliphatic rings. The van der Waals surface area contributed by atoms with Crippen LogP contribution in [0.25, 0.3) is 22.0 Å². The molecule has 0 N–H and O–H groups in total. The van der Waals surface area contributed by atoms with Gasteiger partial charge < -0.3 is 14.5 Å². The minimum Gasteiger partial charge on any atom is -0.381 e. The number of rotatable bonds is 3. The summed E-state index contributed by atoms with van der Waals surface area (Å²) in [5.74, 6) is 0.425. The molecule has 2 aromatic heterocycles. The van der Waals surface area contributed by atoms with Gasteiger partial charge in [0.2, 0.25) is 5.95 Å². The van der Waals surface area contributed by atoms with E-state index >= 15 is 0 Å². The summed E-state index contributed by atoms with van der Waals surface area (Å²) in [5.41, 5.74) is 3.85. The van der Waals surface area contributed by atoms with E-state index in [2.05, 4.69) is 31.0 Å². The largest absolute Gasteiger partial charge is 0.381 e. The second-order valence-electron chi connectivity index (χ2n) is 7.27. The molecule has 0 bridgehead atoms. The topological polar surface area (TPSA) is 54.4 Å². The minimum atomic E-state index is -0.475. The summed E-state index contributed by atoms with van der Waals surface area (Å²) in [4.78, 5) is 8.32. The zero-order valence-corrected chi connectivity index (χ0v) is 15.3. The van der Waals surface area contributed by atoms with E-state index in [1.807, 2.05) is 19.2 Å². The van der Waals surface area contributed by atoms with E-state index in [1.165, 1.54) is 6.07 Å². The van der Waals surface area contributed by atoms with Crippen molar-refractivity contribution in [3.05, 3.63) is 42.5 Å². The van der Waals surface area contributed by atoms with E-state index in [1.54, 1.807) is 19.4 Å². The van der Waals surface area contributed by atoms with Crippen LogP contribution in [0.3, 0.4) is 0 Å². The van der Waals surface area contributed by atoms with Gasteiger partial charge in [-0.1, -0.05) is 6.07 Å². The molecule has 7 heteroatoms. The fourth-order valence-electron chi connectivity index (χ4n) is 4.00. The number of hydrogen-bond acceptors (Lipinski definition) is 6. The van der Waals surface area contributed by atoms with Crippen molar-refractivity contribution in [2.24, 2.45) is 0 Å². The Morgan fingerprint density at radius 1 is 1.11 bits per heavy atom. The molecule has 3 heterocycles. The molecule has 0 spiro atoms. The van der Waals surface area contributed by atoms with Crippen LogP contribution in [0.1, 0.15) is 12.8 Å². The van der Waals surface area contributed by atoms with Gasteiger partial charge >= 0.3 is 0 Å². The van der Waals surface area contributed by atoms with Gasteiger partial charge in [-0.05, 0) is 42.7 Å². The predicted octanol–water partition coefficient (Wildman–Crippen LogP) is 3.22. The molecule has 1 aromatic carbocycles. The number of hydrogen-bond donors (Lipinski definition) is 0. The Morgan fingerprint density at radius 3 is 2.67 bits per heavy atom. The molecule has 6 nitrogen and oxygen atoms in total. The summed E-state index contributed by atoms with van der Waals surface area (Å²) in [6.07, 6.45) is 3.94. The van der Waals surface area contributed by atoms with Crippen LogP contribution in [0.4, 0.5) is 15.9 Å². The van der Waals surface area contributed by atoms with Gasteiger partial charge in [0.15, 0.2) is 5.82 Å². The van der Waals surface area contributed by atoms with E-state index in [9.17, 15) is 4.39 Å². The standard InChI is InChI=1S/C20H20FN5O/c1-25-11-26(14-8-15(9-14)27-2)19-16-7-12(13-4-6-18(21)22-10-13)3-5-17(16)23-24-20(19)25/h3-7,10,14-15H,8-9,11H2,1-2H3. The number of nitrogens with zero attached hydrogens (tertiary/aromatic N) is 5. The Labute approximate surface area is 156 Å². The van der Waals surface area contributed by atoms with Gasteiger partial charge in [0, 0.05) is 37.3 Å². The molecule has 0 unspecified atom stereocenters. The number of methoxy groups -OCH3 is 1. The van der Waals surface area contributed by atoms with Gasteiger partial charge in [-0.3, -0.25) is 0 Å². The molecule has 1 saturated carbocycles. The van der Waals surface area contributed by atoms with E-state index < -0.39 is 5.95 Å². The average molecular weight is 365 g/mol. The Kier molecular flexibility index (Phi) is 3.72. The van der Waals surface area contributed by atoms with E-state index in [-0.39, 0.29) is 0 Å². The lowest BCUT2D eigenvalue weighted by Gasteiger charge is -2.41. The summed E-state index contributed by atoms with van der Waals surface area (Å²) in [6.45, 7) is 0.798. The van der Waals surface area contributed by atoms with Crippen LogP contribution in [0.5, 0.6) is 0 Å². The highest BCUT2D eigenvalue weighted by Crippen LogP contribution is 2.44. The Morgan fingerprint density at radius 2 is 1.93 bits per heavy atom. The summed E-state index contributed by atoms with van der Waals surface area (Å²) in [5, 5.41) is 9.92. The third-order valence-corrected chi connectivity index (χ3v) is 5.63. The van der Waals surface area contributed by atoms with Crippen LogP contribution in [-0.4, -0.2) is 48.2 Å². The highest BCUT2D eigenvalue weighted by atomic mass is 19.1. The van der Waals surface area contributed by atoms with Crippen LogP contribution in [-0.2, 0) is 4.74 Å². The minimum absolute atomic E-state index is 0.339. The van der Waals surface area contributed by atoms with Gasteiger partial charge in [-0.15, -0.1) is 10.2 Å². The molecule has 0 saturated heterocycles. The van der Waals surface area contributed by atoms with Crippen molar-refractivity contribution in [2.75, 3.05) is 30.6 Å². The first-order valence-electron chi connectivity index (χ1n) is 9.07. The average Bonchev–Trinajstić information content (AvgIpc) is 2.98. The number of aromatic nitrogens is 3. The fourth-order valence-corrected chi connectivity index (χ4v) is 4.00. The zero-order valence-electron chi connectivity index (χ0n) is 15.3. The van der Waals surface area contributed by atoms with Gasteiger partial charge in [0.1, 0.15) is 0 Å². The maximum Gasteiger partial charge on any atom is 0.212 e. The first-order chi connectivity index (χ1) is 13.1. The van der Waals surface area contributed by atoms with Crippen molar-refractivity contribution in [2.45, 2.75) is 25.0 Å². The van der Waals surface area contributed by atoms with Crippen molar-refractivity contribution >= 4 is 22.4 Å². The monoisotopic (exact) mass is 365 g/mol. The van der Waals surface area contributed by atoms with Crippen LogP contribution < -0.4 is 9.80 Å². The third-order valence-electron chi connectivity index (χ3n) is 5.63. The lowest BCUT2D eigenvalue weighted by Crippen LogP contribution is -2.48. The highest BCUT2D eigenvalue weighted by molar-refractivity contribution is 6.00. The number of pyridine rings is 1. The highest BCUT2D eigenvalue weighted by Gasteiger charge is 2.39. The van der Waals surface area contributed by atoms with Gasteiger partial charge in [0.05, 0.1) is 24.0 Å². The molecule has 1 fully saturated rings. The van der Waals surface area contributed by atoms with Crippen molar-refractivity contribution in [1.82, 2.24) is 15.2 Å². The number of benzene rings is 1. The maximum atomic E-state index is 13.2. The fraction of sp³-hybridized carbons (Fsp3) is 0.350. The molecule has 0 atom stereocenters. The second-order valence-corrected chi connectivity index (χ2v) is 7.27. The van der Waals surface area contributed by atoms with Gasteiger partial charge in [0.25, 0.3) is 0 Å². The number of anilines is 2. The van der Waals surface area contributed by atoms with Crippen molar-refractivity contribution in [3.8, 4) is 11.1 Å². The van der Waals surface area contributed by atoms with Crippen molar-refractivity contribution < 1.29 is 9.13 Å². The lowest BCUT2D eigenvalue weighted by molar-refractivity contribution is 0.0259. The smallest absolute Gasteiger partial charge is 0.212 e. The molecular formula is C20H20FN5O. The number of ether oxygens (including phenoxy) is 1. The van der Waals surface area contributed by atoms with Gasteiger partial charge in [-0.2, -0.15) is 4.39 Å². The molecular weight excluding hydrogens is 345 g/mol. The summed E-state index contributed by atoms with van der Waals surface area (Å²) >= 11 is 0. The molecule has 0 amide bonds. The molecule has 1 aliphatic carbocycles. The number of fused-ring (bicyclic) bond motifs is 3. The normalized spacial score (nSPS) is 21.4. The van der Waals surface area contributed by atoms with Crippen molar-refractivity contribution in [1.29, 1.82) is 0 Å². The number of halogens is 1. The Bertz CT molecular complexity index is 1000. The zero-order chi connectivity index (χ0) is 18.5. The van der Waals surface area contributed by atoms with Crippen molar-refractivity contribution in [3.63, 3.8) is 0 Å². The Balaban J connectivity index is 1.61. The molecule has 27 heavy (non-hydrogen) atoms. The van der Waals surface area contributed by atoms with E-state index in [4.69, 9.17) is 4.74 Å². The summed E-state index contributed by atoms with van der Waals surface area (Å²) < 4.78 is 18.6. The molecule has 3 aromatic rings. The molecule has 0 radical (unpaired) electrons. The SMILES string of the molecule is COC1CC(N2CN(C)c3nnc4ccc(-c5ccc(F)nc5)cc4c32)C1. The van der Waals surface area contributed by atoms with E-state index in [0.717, 1.165) is 53.0 Å². The van der Waals surface area contributed by atoms with Crippen LogP contribution in [0.2, 0.25) is 0 Å². The molecule has 1 aliphatic heterocycles. The Hall–Kier alpha value is -2.80. The quantitative estimate of drug-likeness (QED) is 0.665. The van der Waals surface area contributed by atoms with E-state index in [0.29, 0.717) is 12.1 Å². The summed E-state index contributed by atoms with van der Waals surface area (Å²) in [7, 11) is 3.81.